The molecule has 36 heavy (non-hydrogen) atoms. The molecule has 7 nitrogen and oxygen atoms in total. The van der Waals surface area contributed by atoms with Gasteiger partial charge in [-0.25, -0.2) is 4.79 Å². The number of nitrogens with zero attached hydrogens (tertiary/aromatic N) is 1. The van der Waals surface area contributed by atoms with Crippen molar-refractivity contribution in [2.45, 2.75) is 58.9 Å². The second-order valence-corrected chi connectivity index (χ2v) is 8.87. The number of carbonyl (C=O) groups excluding carboxylic acids is 2. The van der Waals surface area contributed by atoms with Crippen molar-refractivity contribution in [1.82, 2.24) is 5.32 Å². The lowest BCUT2D eigenvalue weighted by molar-refractivity contribution is -0.121. The highest BCUT2D eigenvalue weighted by Gasteiger charge is 2.22. The molecule has 196 valence electrons. The van der Waals surface area contributed by atoms with Crippen molar-refractivity contribution >= 4 is 17.6 Å². The number of rotatable bonds is 13. The molecule has 0 aromatic heterocycles. The Morgan fingerprint density at radius 3 is 2.47 bits per heavy atom. The van der Waals surface area contributed by atoms with E-state index in [1.54, 1.807) is 25.1 Å². The number of carbonyl (C=O) groups is 2. The maximum Gasteiger partial charge on any atom is 0.341 e. The number of ether oxygens (including phenoxy) is 3. The summed E-state index contributed by atoms with van der Waals surface area (Å²) >= 11 is 0. The van der Waals surface area contributed by atoms with Crippen LogP contribution in [0.25, 0.3) is 0 Å². The van der Waals surface area contributed by atoms with E-state index in [-0.39, 0.29) is 25.0 Å². The van der Waals surface area contributed by atoms with Gasteiger partial charge in [0, 0.05) is 32.0 Å². The lowest BCUT2D eigenvalue weighted by atomic mass is 9.99. The zero-order valence-electron chi connectivity index (χ0n) is 21.9. The summed E-state index contributed by atoms with van der Waals surface area (Å²) in [5.74, 6) is -0.0804. The molecule has 0 spiro atoms. The highest BCUT2D eigenvalue weighted by Crippen LogP contribution is 2.31. The van der Waals surface area contributed by atoms with Crippen molar-refractivity contribution in [3.63, 3.8) is 0 Å². The van der Waals surface area contributed by atoms with Crippen LogP contribution in [-0.4, -0.2) is 51.4 Å². The minimum absolute atomic E-state index is 0.0868. The van der Waals surface area contributed by atoms with Crippen molar-refractivity contribution in [3.8, 4) is 5.75 Å². The predicted molar refractivity (Wildman–Crippen MR) is 142 cm³/mol. The molecule has 7 heteroatoms. The molecule has 1 saturated heterocycles. The fourth-order valence-electron chi connectivity index (χ4n) is 4.62. The van der Waals surface area contributed by atoms with E-state index in [2.05, 4.69) is 28.4 Å². The second kappa shape index (κ2) is 14.5. The Hall–Kier alpha value is -3.06. The van der Waals surface area contributed by atoms with E-state index in [4.69, 9.17) is 14.2 Å². The number of amides is 1. The van der Waals surface area contributed by atoms with E-state index < -0.39 is 5.97 Å². The molecule has 0 bridgehead atoms. The quantitative estimate of drug-likeness (QED) is 0.308. The smallest absolute Gasteiger partial charge is 0.341 e. The molecule has 1 atom stereocenters. The van der Waals surface area contributed by atoms with Crippen LogP contribution in [0.3, 0.4) is 0 Å². The molecular weight excluding hydrogens is 456 g/mol. The van der Waals surface area contributed by atoms with Gasteiger partial charge in [0.2, 0.25) is 5.91 Å². The van der Waals surface area contributed by atoms with Crippen molar-refractivity contribution < 1.29 is 23.8 Å². The van der Waals surface area contributed by atoms with Crippen LogP contribution in [-0.2, 0) is 20.7 Å². The lowest BCUT2D eigenvalue weighted by Crippen LogP contribution is -2.34. The SMILES string of the molecule is CCOCCC(NC(=O)Cc1ccc(C(=O)OCC)c(OCC)c1)c1ccccc1N1CCCCC1. The topological polar surface area (TPSA) is 77.1 Å². The average Bonchev–Trinajstić information content (AvgIpc) is 2.89. The van der Waals surface area contributed by atoms with E-state index >= 15 is 0 Å². The fraction of sp³-hybridized carbons (Fsp3) is 0.517. The van der Waals surface area contributed by atoms with E-state index in [1.807, 2.05) is 19.9 Å². The van der Waals surface area contributed by atoms with Gasteiger partial charge >= 0.3 is 5.97 Å². The molecule has 1 heterocycles. The van der Waals surface area contributed by atoms with Crippen LogP contribution in [0.4, 0.5) is 5.69 Å². The summed E-state index contributed by atoms with van der Waals surface area (Å²) in [4.78, 5) is 27.9. The maximum absolute atomic E-state index is 13.2. The normalized spacial score (nSPS) is 14.2. The average molecular weight is 497 g/mol. The van der Waals surface area contributed by atoms with Gasteiger partial charge in [-0.05, 0) is 75.8 Å². The van der Waals surface area contributed by atoms with Gasteiger partial charge < -0.3 is 24.4 Å². The maximum atomic E-state index is 13.2. The Balaban J connectivity index is 1.78. The van der Waals surface area contributed by atoms with E-state index in [1.165, 1.54) is 24.9 Å². The van der Waals surface area contributed by atoms with Crippen LogP contribution in [0, 0.1) is 0 Å². The molecule has 0 radical (unpaired) electrons. The largest absolute Gasteiger partial charge is 0.493 e. The number of piperidine rings is 1. The molecule has 1 N–H and O–H groups in total. The number of benzene rings is 2. The zero-order chi connectivity index (χ0) is 25.8. The molecular formula is C29H40N2O5. The van der Waals surface area contributed by atoms with Gasteiger partial charge in [0.05, 0.1) is 25.7 Å². The third-order valence-electron chi connectivity index (χ3n) is 6.31. The van der Waals surface area contributed by atoms with Crippen molar-refractivity contribution in [2.75, 3.05) is 44.4 Å². The van der Waals surface area contributed by atoms with Crippen LogP contribution in [0.15, 0.2) is 42.5 Å². The lowest BCUT2D eigenvalue weighted by Gasteiger charge is -2.33. The molecule has 1 aliphatic rings. The molecule has 3 rings (SSSR count). The minimum atomic E-state index is -0.428. The predicted octanol–water partition coefficient (Wildman–Crippen LogP) is 5.08. The van der Waals surface area contributed by atoms with Crippen LogP contribution < -0.4 is 15.0 Å². The van der Waals surface area contributed by atoms with Crippen LogP contribution in [0.5, 0.6) is 5.75 Å². The second-order valence-electron chi connectivity index (χ2n) is 8.87. The monoisotopic (exact) mass is 496 g/mol. The summed E-state index contributed by atoms with van der Waals surface area (Å²) in [6, 6.07) is 13.4. The third-order valence-corrected chi connectivity index (χ3v) is 6.31. The summed E-state index contributed by atoms with van der Waals surface area (Å²) in [5.41, 5.74) is 3.46. The number of anilines is 1. The Labute approximate surface area is 215 Å². The number of nitrogens with one attached hydrogen (secondary N) is 1. The first-order valence-electron chi connectivity index (χ1n) is 13.2. The highest BCUT2D eigenvalue weighted by molar-refractivity contribution is 5.93. The number of para-hydroxylation sites is 1. The van der Waals surface area contributed by atoms with E-state index in [9.17, 15) is 9.59 Å². The summed E-state index contributed by atoms with van der Waals surface area (Å²) in [5, 5.41) is 3.25. The fourth-order valence-corrected chi connectivity index (χ4v) is 4.62. The Bertz CT molecular complexity index is 987. The van der Waals surface area contributed by atoms with Crippen molar-refractivity contribution in [2.24, 2.45) is 0 Å². The van der Waals surface area contributed by atoms with Crippen LogP contribution in [0.1, 0.15) is 74.0 Å². The molecule has 0 saturated carbocycles. The summed E-state index contributed by atoms with van der Waals surface area (Å²) in [6.45, 7) is 9.59. The van der Waals surface area contributed by atoms with Gasteiger partial charge in [0.15, 0.2) is 0 Å². The summed E-state index contributed by atoms with van der Waals surface area (Å²) < 4.78 is 16.4. The standard InChI is InChI=1S/C29H40N2O5/c1-4-34-19-16-25(23-12-8-9-13-26(23)31-17-10-7-11-18-31)30-28(32)21-22-14-15-24(29(33)36-6-3)27(20-22)35-5-2/h8-9,12-15,20,25H,4-7,10-11,16-19,21H2,1-3H3,(H,30,32). The van der Waals surface area contributed by atoms with Gasteiger partial charge in [0.25, 0.3) is 0 Å². The number of hydrogen-bond donors (Lipinski definition) is 1. The first-order chi connectivity index (χ1) is 17.6. The first-order valence-corrected chi connectivity index (χ1v) is 13.2. The third kappa shape index (κ3) is 7.72. The summed E-state index contributed by atoms with van der Waals surface area (Å²) in [7, 11) is 0. The van der Waals surface area contributed by atoms with Gasteiger partial charge in [-0.1, -0.05) is 24.3 Å². The Morgan fingerprint density at radius 2 is 1.75 bits per heavy atom. The van der Waals surface area contributed by atoms with E-state index in [0.717, 1.165) is 24.2 Å². The first kappa shape index (κ1) is 27.5. The van der Waals surface area contributed by atoms with Crippen LogP contribution in [0.2, 0.25) is 0 Å². The number of esters is 1. The molecule has 1 fully saturated rings. The van der Waals surface area contributed by atoms with Crippen molar-refractivity contribution in [3.05, 3.63) is 59.2 Å². The van der Waals surface area contributed by atoms with Crippen molar-refractivity contribution in [1.29, 1.82) is 0 Å². The van der Waals surface area contributed by atoms with Gasteiger partial charge in [0.1, 0.15) is 11.3 Å². The molecule has 0 aliphatic carbocycles. The van der Waals surface area contributed by atoms with Gasteiger partial charge in [-0.3, -0.25) is 4.79 Å². The molecule has 2 aromatic carbocycles. The molecule has 2 aromatic rings. The highest BCUT2D eigenvalue weighted by atomic mass is 16.5. The van der Waals surface area contributed by atoms with Gasteiger partial charge in [-0.2, -0.15) is 0 Å². The van der Waals surface area contributed by atoms with Gasteiger partial charge in [-0.15, -0.1) is 0 Å². The summed E-state index contributed by atoms with van der Waals surface area (Å²) in [6.07, 6.45) is 4.51. The van der Waals surface area contributed by atoms with E-state index in [0.29, 0.717) is 37.6 Å². The zero-order valence-corrected chi connectivity index (χ0v) is 21.9. The number of hydrogen-bond acceptors (Lipinski definition) is 6. The Morgan fingerprint density at radius 1 is 0.972 bits per heavy atom. The molecule has 1 amide bonds. The van der Waals surface area contributed by atoms with Crippen LogP contribution >= 0.6 is 0 Å². The molecule has 1 unspecified atom stereocenters. The minimum Gasteiger partial charge on any atom is -0.493 e. The Kier molecular flexibility index (Phi) is 11.1. The molecule has 1 aliphatic heterocycles.